The molecule has 0 unspecified atom stereocenters. The monoisotopic (exact) mass is 314 g/mol. The van der Waals surface area contributed by atoms with E-state index in [0.29, 0.717) is 12.5 Å². The van der Waals surface area contributed by atoms with Crippen LogP contribution in [0.4, 0.5) is 9.18 Å². The molecule has 1 aromatic carbocycles. The van der Waals surface area contributed by atoms with Crippen molar-refractivity contribution in [2.75, 3.05) is 0 Å². The number of nitrogens with one attached hydrogen (secondary N) is 2. The van der Waals surface area contributed by atoms with Crippen molar-refractivity contribution in [2.24, 2.45) is 0 Å². The third-order valence-corrected chi connectivity index (χ3v) is 4.10. The largest absolute Gasteiger partial charge is 0.445 e. The second-order valence-corrected chi connectivity index (χ2v) is 5.54. The Kier molecular flexibility index (Phi) is 5.42. The van der Waals surface area contributed by atoms with Gasteiger partial charge in [-0.05, 0) is 24.8 Å². The lowest BCUT2D eigenvalue weighted by Crippen LogP contribution is -2.56. The third-order valence-electron chi connectivity index (χ3n) is 4.10. The molecule has 1 aromatic rings. The molecule has 2 heterocycles. The Balaban J connectivity index is 0.00000161. The first-order valence-electron chi connectivity index (χ1n) is 7.10. The fraction of sp³-hybridized carbons (Fsp3) is 0.533. The molecule has 2 saturated heterocycles. The van der Waals surface area contributed by atoms with Gasteiger partial charge in [0.25, 0.3) is 0 Å². The number of hydrogen-bond acceptors (Lipinski definition) is 3. The van der Waals surface area contributed by atoms with Gasteiger partial charge in [0.15, 0.2) is 0 Å². The summed E-state index contributed by atoms with van der Waals surface area (Å²) < 4.78 is 19.3. The van der Waals surface area contributed by atoms with Crippen LogP contribution in [0.15, 0.2) is 30.3 Å². The van der Waals surface area contributed by atoms with E-state index in [1.807, 2.05) is 30.3 Å². The van der Waals surface area contributed by atoms with Crippen LogP contribution in [0.3, 0.4) is 0 Å². The Morgan fingerprint density at radius 2 is 2.10 bits per heavy atom. The van der Waals surface area contributed by atoms with Crippen LogP contribution in [-0.4, -0.2) is 30.4 Å². The van der Waals surface area contributed by atoms with Crippen molar-refractivity contribution in [2.45, 2.75) is 50.2 Å². The summed E-state index contributed by atoms with van der Waals surface area (Å²) in [6, 6.07) is 9.22. The van der Waals surface area contributed by atoms with Crippen LogP contribution in [0.5, 0.6) is 0 Å². The van der Waals surface area contributed by atoms with E-state index in [4.69, 9.17) is 4.74 Å². The van der Waals surface area contributed by atoms with Crippen molar-refractivity contribution in [3.63, 3.8) is 0 Å². The molecule has 2 N–H and O–H groups in total. The summed E-state index contributed by atoms with van der Waals surface area (Å²) in [6.45, 7) is 0.210. The van der Waals surface area contributed by atoms with E-state index >= 15 is 0 Å². The molecule has 2 bridgehead atoms. The molecule has 3 rings (SSSR count). The van der Waals surface area contributed by atoms with E-state index in [2.05, 4.69) is 10.6 Å². The topological polar surface area (TPSA) is 50.4 Å². The van der Waals surface area contributed by atoms with Gasteiger partial charge in [-0.1, -0.05) is 30.3 Å². The number of rotatable bonds is 3. The van der Waals surface area contributed by atoms with Crippen LogP contribution in [0.25, 0.3) is 0 Å². The predicted molar refractivity (Wildman–Crippen MR) is 80.3 cm³/mol. The summed E-state index contributed by atoms with van der Waals surface area (Å²) in [5.41, 5.74) is 0.921. The highest BCUT2D eigenvalue weighted by atomic mass is 35.5. The maximum Gasteiger partial charge on any atom is 0.407 e. The molecule has 1 amide bonds. The molecule has 0 spiro atoms. The number of carbonyl (C=O) groups excluding carboxylic acids is 1. The normalized spacial score (nSPS) is 30.3. The lowest BCUT2D eigenvalue weighted by molar-refractivity contribution is 0.111. The predicted octanol–water partition coefficient (Wildman–Crippen LogP) is 2.57. The fourth-order valence-corrected chi connectivity index (χ4v) is 3.06. The second kappa shape index (κ2) is 7.09. The lowest BCUT2D eigenvalue weighted by Gasteiger charge is -2.32. The molecule has 2 fully saturated rings. The maximum atomic E-state index is 14.1. The average molecular weight is 315 g/mol. The van der Waals surface area contributed by atoms with Crippen LogP contribution in [-0.2, 0) is 11.3 Å². The zero-order valence-electron chi connectivity index (χ0n) is 11.6. The van der Waals surface area contributed by atoms with Crippen LogP contribution in [0.1, 0.15) is 24.8 Å². The molecule has 0 radical (unpaired) electrons. The average Bonchev–Trinajstić information content (AvgIpc) is 2.88. The Labute approximate surface area is 129 Å². The smallest absolute Gasteiger partial charge is 0.407 e. The lowest BCUT2D eigenvalue weighted by atomic mass is 9.98. The SMILES string of the molecule is Cl.O=C(N[C@@H]1C[C@@H]2CC[C@@H](N2)[C@H]1F)OCc1ccccc1. The van der Waals surface area contributed by atoms with E-state index in [1.165, 1.54) is 0 Å². The molecule has 21 heavy (non-hydrogen) atoms. The highest BCUT2D eigenvalue weighted by Crippen LogP contribution is 2.29. The third kappa shape index (κ3) is 3.86. The molecule has 0 aromatic heterocycles. The van der Waals surface area contributed by atoms with Gasteiger partial charge < -0.3 is 15.4 Å². The van der Waals surface area contributed by atoms with Gasteiger partial charge in [0.1, 0.15) is 12.8 Å². The van der Waals surface area contributed by atoms with Gasteiger partial charge in [-0.3, -0.25) is 0 Å². The number of halogens is 2. The highest BCUT2D eigenvalue weighted by Gasteiger charge is 2.42. The molecule has 4 atom stereocenters. The summed E-state index contributed by atoms with van der Waals surface area (Å²) in [7, 11) is 0. The molecule has 116 valence electrons. The molecule has 2 aliphatic rings. The van der Waals surface area contributed by atoms with Gasteiger partial charge in [0, 0.05) is 12.1 Å². The van der Waals surface area contributed by atoms with Crippen molar-refractivity contribution >= 4 is 18.5 Å². The molecule has 4 nitrogen and oxygen atoms in total. The number of amides is 1. The number of alkyl halides is 1. The van der Waals surface area contributed by atoms with Crippen LogP contribution in [0.2, 0.25) is 0 Å². The van der Waals surface area contributed by atoms with E-state index < -0.39 is 18.3 Å². The van der Waals surface area contributed by atoms with Gasteiger partial charge in [0.2, 0.25) is 0 Å². The van der Waals surface area contributed by atoms with Gasteiger partial charge in [-0.2, -0.15) is 0 Å². The fourth-order valence-electron chi connectivity index (χ4n) is 3.06. The van der Waals surface area contributed by atoms with E-state index in [9.17, 15) is 9.18 Å². The zero-order chi connectivity index (χ0) is 13.9. The maximum absolute atomic E-state index is 14.1. The Bertz CT molecular complexity index is 474. The minimum atomic E-state index is -1.03. The van der Waals surface area contributed by atoms with Crippen LogP contribution < -0.4 is 10.6 Å². The van der Waals surface area contributed by atoms with Gasteiger partial charge >= 0.3 is 6.09 Å². The number of ether oxygens (including phenoxy) is 1. The van der Waals surface area contributed by atoms with Crippen LogP contribution in [0, 0.1) is 0 Å². The summed E-state index contributed by atoms with van der Waals surface area (Å²) in [5.74, 6) is 0. The summed E-state index contributed by atoms with van der Waals surface area (Å²) in [4.78, 5) is 11.7. The van der Waals surface area contributed by atoms with Crippen LogP contribution >= 0.6 is 12.4 Å². The molecular formula is C15H20ClFN2O2. The Morgan fingerprint density at radius 3 is 2.86 bits per heavy atom. The quantitative estimate of drug-likeness (QED) is 0.901. The summed E-state index contributed by atoms with van der Waals surface area (Å²) in [6.07, 6.45) is 0.907. The Morgan fingerprint density at radius 1 is 1.33 bits per heavy atom. The van der Waals surface area contributed by atoms with E-state index in [1.54, 1.807) is 0 Å². The molecule has 6 heteroatoms. The van der Waals surface area contributed by atoms with Gasteiger partial charge in [-0.15, -0.1) is 12.4 Å². The van der Waals surface area contributed by atoms with Crippen molar-refractivity contribution in [1.82, 2.24) is 10.6 Å². The van der Waals surface area contributed by atoms with Crippen molar-refractivity contribution < 1.29 is 13.9 Å². The first-order valence-corrected chi connectivity index (χ1v) is 7.10. The first-order chi connectivity index (χ1) is 9.72. The van der Waals surface area contributed by atoms with Gasteiger partial charge in [-0.25, -0.2) is 9.18 Å². The number of piperidine rings is 1. The number of benzene rings is 1. The zero-order valence-corrected chi connectivity index (χ0v) is 12.4. The van der Waals surface area contributed by atoms with Crippen molar-refractivity contribution in [3.8, 4) is 0 Å². The van der Waals surface area contributed by atoms with Crippen molar-refractivity contribution in [3.05, 3.63) is 35.9 Å². The minimum Gasteiger partial charge on any atom is -0.445 e. The first kappa shape index (κ1) is 16.0. The Hall–Kier alpha value is -1.33. The number of hydrogen-bond donors (Lipinski definition) is 2. The second-order valence-electron chi connectivity index (χ2n) is 5.54. The summed E-state index contributed by atoms with van der Waals surface area (Å²) in [5, 5.41) is 5.90. The van der Waals surface area contributed by atoms with E-state index in [-0.39, 0.29) is 25.1 Å². The minimum absolute atomic E-state index is 0. The highest BCUT2D eigenvalue weighted by molar-refractivity contribution is 5.85. The van der Waals surface area contributed by atoms with Crippen molar-refractivity contribution in [1.29, 1.82) is 0 Å². The molecule has 0 aliphatic carbocycles. The number of fused-ring (bicyclic) bond motifs is 2. The standard InChI is InChI=1S/C15H19FN2O2.ClH/c16-14-12-7-6-11(17-12)8-13(14)18-15(19)20-9-10-4-2-1-3-5-10;/h1-5,11-14,17H,6-9H2,(H,18,19);1H/t11-,12+,13+,14+;/m0./s1. The molecular weight excluding hydrogens is 295 g/mol. The summed E-state index contributed by atoms with van der Waals surface area (Å²) >= 11 is 0. The molecule has 0 saturated carbocycles. The molecule has 2 aliphatic heterocycles. The van der Waals surface area contributed by atoms with E-state index in [0.717, 1.165) is 18.4 Å². The number of carbonyl (C=O) groups is 1. The van der Waals surface area contributed by atoms with Gasteiger partial charge in [0.05, 0.1) is 6.04 Å². The number of alkyl carbamates (subject to hydrolysis) is 1.